The van der Waals surface area contributed by atoms with E-state index in [2.05, 4.69) is 222 Å². The van der Waals surface area contributed by atoms with Crippen LogP contribution in [0.4, 0.5) is 34.1 Å². The number of anilines is 6. The lowest BCUT2D eigenvalue weighted by Gasteiger charge is -2.34. The summed E-state index contributed by atoms with van der Waals surface area (Å²) in [7, 11) is 0. The Balaban J connectivity index is 1.20. The fraction of sp³-hybridized carbons (Fsp3) is 0.0370. The molecule has 0 N–H and O–H groups in total. The molecular weight excluding hydrogens is 677 g/mol. The smallest absolute Gasteiger partial charge is 0.0619 e. The van der Waals surface area contributed by atoms with Gasteiger partial charge in [0.15, 0.2) is 0 Å². The number of fused-ring (bicyclic) bond motifs is 8. The molecule has 9 aromatic rings. The van der Waals surface area contributed by atoms with Crippen LogP contribution in [0.25, 0.3) is 43.1 Å². The van der Waals surface area contributed by atoms with E-state index in [1.807, 2.05) is 0 Å². The van der Waals surface area contributed by atoms with Gasteiger partial charge in [0.2, 0.25) is 0 Å². The average Bonchev–Trinajstić information content (AvgIpc) is 3.27. The number of rotatable bonds is 6. The average molecular weight is 715 g/mol. The highest BCUT2D eigenvalue weighted by Gasteiger charge is 2.27. The van der Waals surface area contributed by atoms with Crippen molar-refractivity contribution in [2.24, 2.45) is 0 Å². The molecule has 11 rings (SSSR count). The van der Waals surface area contributed by atoms with Gasteiger partial charge in [0.25, 0.3) is 0 Å². The van der Waals surface area contributed by atoms with Crippen molar-refractivity contribution in [2.75, 3.05) is 9.80 Å². The summed E-state index contributed by atoms with van der Waals surface area (Å²) in [5.41, 5.74) is 11.0. The van der Waals surface area contributed by atoms with Gasteiger partial charge in [-0.2, -0.15) is 0 Å². The maximum absolute atomic E-state index is 2.49. The Bertz CT molecular complexity index is 3010. The molecule has 264 valence electrons. The van der Waals surface area contributed by atoms with Crippen molar-refractivity contribution in [1.82, 2.24) is 0 Å². The third-order valence-corrected chi connectivity index (χ3v) is 11.7. The number of benzene rings is 9. The number of hydrogen-bond acceptors (Lipinski definition) is 2. The molecule has 2 nitrogen and oxygen atoms in total. The zero-order valence-electron chi connectivity index (χ0n) is 30.9. The van der Waals surface area contributed by atoms with Gasteiger partial charge >= 0.3 is 0 Å². The Morgan fingerprint density at radius 1 is 0.393 bits per heavy atom. The minimum atomic E-state index is 0.260. The standard InChI is InChI=1S/C54H38N2/c1-3-17-41(18-4-1)55(43-33-31-39-29-27-37-15-7-9-21-45(37)51(39)35-43)53-47-23-11-13-25-49(47)54(50-26-14-12-24-48(50)53)56(42-19-5-2-6-20-42)44-34-32-40-30-28-38-16-8-10-22-46(38)52(40)36-44/h1-29,31-36,46H,30H2. The van der Waals surface area contributed by atoms with E-state index in [4.69, 9.17) is 0 Å². The maximum atomic E-state index is 2.49. The lowest BCUT2D eigenvalue weighted by Crippen LogP contribution is -2.16. The van der Waals surface area contributed by atoms with E-state index >= 15 is 0 Å². The van der Waals surface area contributed by atoms with Gasteiger partial charge in [-0.25, -0.2) is 0 Å². The van der Waals surface area contributed by atoms with Gasteiger partial charge in [0.05, 0.1) is 11.4 Å². The molecule has 0 fully saturated rings. The molecule has 2 heteroatoms. The second kappa shape index (κ2) is 13.3. The summed E-state index contributed by atoms with van der Waals surface area (Å²) in [4.78, 5) is 4.96. The number of hydrogen-bond donors (Lipinski definition) is 0. The van der Waals surface area contributed by atoms with Crippen LogP contribution in [0, 0.1) is 0 Å². The molecule has 0 bridgehead atoms. The SMILES string of the molecule is C1=CC2=CCc3ccc(N(c4ccccc4)c4c5ccccc5c(N(c5ccccc5)c5ccc6ccc7ccccc7c6c5)c5ccccc45)cc3C2C=C1. The molecule has 0 aromatic heterocycles. The molecule has 0 heterocycles. The van der Waals surface area contributed by atoms with Crippen LogP contribution in [-0.4, -0.2) is 0 Å². The topological polar surface area (TPSA) is 6.48 Å². The van der Waals surface area contributed by atoms with Crippen LogP contribution in [0.5, 0.6) is 0 Å². The van der Waals surface area contributed by atoms with Crippen molar-refractivity contribution >= 4 is 77.2 Å². The molecule has 0 saturated carbocycles. The maximum Gasteiger partial charge on any atom is 0.0619 e. The van der Waals surface area contributed by atoms with Crippen LogP contribution in [0.2, 0.25) is 0 Å². The monoisotopic (exact) mass is 714 g/mol. The predicted molar refractivity (Wildman–Crippen MR) is 239 cm³/mol. The van der Waals surface area contributed by atoms with Gasteiger partial charge in [-0.1, -0.05) is 164 Å². The van der Waals surface area contributed by atoms with Gasteiger partial charge in [-0.3, -0.25) is 0 Å². The Labute approximate surface area is 327 Å². The van der Waals surface area contributed by atoms with Crippen molar-refractivity contribution < 1.29 is 0 Å². The van der Waals surface area contributed by atoms with Crippen LogP contribution in [-0.2, 0) is 6.42 Å². The molecule has 0 aliphatic heterocycles. The summed E-state index contributed by atoms with van der Waals surface area (Å²) < 4.78 is 0. The molecule has 9 aromatic carbocycles. The molecule has 0 saturated heterocycles. The van der Waals surface area contributed by atoms with E-state index < -0.39 is 0 Å². The summed E-state index contributed by atoms with van der Waals surface area (Å²) in [6.45, 7) is 0. The Kier molecular flexibility index (Phi) is 7.67. The zero-order chi connectivity index (χ0) is 37.0. The highest BCUT2D eigenvalue weighted by Crippen LogP contribution is 2.52. The number of nitrogens with zero attached hydrogens (tertiary/aromatic N) is 2. The predicted octanol–water partition coefficient (Wildman–Crippen LogP) is 14.9. The molecule has 1 atom stereocenters. The fourth-order valence-electron chi connectivity index (χ4n) is 9.12. The van der Waals surface area contributed by atoms with E-state index in [0.717, 1.165) is 34.9 Å². The third kappa shape index (κ3) is 5.26. The largest absolute Gasteiger partial charge is 0.309 e. The number of para-hydroxylation sites is 2. The van der Waals surface area contributed by atoms with Crippen LogP contribution < -0.4 is 9.80 Å². The van der Waals surface area contributed by atoms with Crippen molar-refractivity contribution in [3.8, 4) is 0 Å². The molecule has 1 unspecified atom stereocenters. The summed E-state index contributed by atoms with van der Waals surface area (Å²) in [5.74, 6) is 0.260. The highest BCUT2D eigenvalue weighted by molar-refractivity contribution is 6.23. The Morgan fingerprint density at radius 2 is 0.893 bits per heavy atom. The molecule has 0 amide bonds. The Hall–Kier alpha value is -7.16. The lowest BCUT2D eigenvalue weighted by atomic mass is 9.79. The molecule has 0 spiro atoms. The first-order valence-corrected chi connectivity index (χ1v) is 19.5. The highest BCUT2D eigenvalue weighted by atomic mass is 15.2. The van der Waals surface area contributed by atoms with Crippen LogP contribution in [0.3, 0.4) is 0 Å². The molecule has 56 heavy (non-hydrogen) atoms. The van der Waals surface area contributed by atoms with E-state index in [1.165, 1.54) is 65.5 Å². The van der Waals surface area contributed by atoms with E-state index in [9.17, 15) is 0 Å². The quantitative estimate of drug-likeness (QED) is 0.0961. The second-order valence-corrected chi connectivity index (χ2v) is 14.8. The first kappa shape index (κ1) is 32.3. The van der Waals surface area contributed by atoms with Crippen LogP contribution >= 0.6 is 0 Å². The molecular formula is C54H38N2. The van der Waals surface area contributed by atoms with Crippen LogP contribution in [0.1, 0.15) is 17.0 Å². The van der Waals surface area contributed by atoms with Gasteiger partial charge in [0.1, 0.15) is 0 Å². The summed E-state index contributed by atoms with van der Waals surface area (Å²) in [6.07, 6.45) is 12.3. The molecule has 0 radical (unpaired) electrons. The van der Waals surface area contributed by atoms with Crippen LogP contribution in [0.15, 0.2) is 218 Å². The zero-order valence-corrected chi connectivity index (χ0v) is 30.9. The minimum Gasteiger partial charge on any atom is -0.309 e. The molecule has 2 aliphatic rings. The third-order valence-electron chi connectivity index (χ3n) is 11.7. The van der Waals surface area contributed by atoms with Gasteiger partial charge < -0.3 is 9.80 Å². The summed E-state index contributed by atoms with van der Waals surface area (Å²) in [6, 6.07) is 66.9. The van der Waals surface area contributed by atoms with Gasteiger partial charge in [0, 0.05) is 50.2 Å². The fourth-order valence-corrected chi connectivity index (χ4v) is 9.12. The minimum absolute atomic E-state index is 0.260. The van der Waals surface area contributed by atoms with Crippen molar-refractivity contribution in [2.45, 2.75) is 12.3 Å². The molecule has 2 aliphatic carbocycles. The van der Waals surface area contributed by atoms with E-state index in [1.54, 1.807) is 0 Å². The lowest BCUT2D eigenvalue weighted by molar-refractivity contribution is 0.936. The normalized spacial score (nSPS) is 14.5. The van der Waals surface area contributed by atoms with Gasteiger partial charge in [-0.05, 0) is 93.2 Å². The first-order chi connectivity index (χ1) is 27.8. The van der Waals surface area contributed by atoms with Crippen molar-refractivity contribution in [1.29, 1.82) is 0 Å². The van der Waals surface area contributed by atoms with Gasteiger partial charge in [-0.15, -0.1) is 0 Å². The van der Waals surface area contributed by atoms with Crippen molar-refractivity contribution in [3.05, 3.63) is 229 Å². The number of allylic oxidation sites excluding steroid dienone is 6. The van der Waals surface area contributed by atoms with E-state index in [-0.39, 0.29) is 5.92 Å². The summed E-state index contributed by atoms with van der Waals surface area (Å²) in [5, 5.41) is 9.74. The summed E-state index contributed by atoms with van der Waals surface area (Å²) >= 11 is 0. The first-order valence-electron chi connectivity index (χ1n) is 19.5. The van der Waals surface area contributed by atoms with E-state index in [0.29, 0.717) is 0 Å². The Morgan fingerprint density at radius 3 is 1.52 bits per heavy atom. The second-order valence-electron chi connectivity index (χ2n) is 14.8. The van der Waals surface area contributed by atoms with Crippen molar-refractivity contribution in [3.63, 3.8) is 0 Å².